The van der Waals surface area contributed by atoms with Crippen LogP contribution in [0.25, 0.3) is 0 Å². The lowest BCUT2D eigenvalue weighted by atomic mass is 10.0. The highest BCUT2D eigenvalue weighted by Crippen LogP contribution is 2.66. The molecule has 2 N–H and O–H groups in total. The Morgan fingerprint density at radius 2 is 1.50 bits per heavy atom. The van der Waals surface area contributed by atoms with Crippen molar-refractivity contribution < 1.29 is 36.7 Å². The number of carbonyl (C=O) groups excluding carboxylic acids is 2. The smallest absolute Gasteiger partial charge is 0.408 e. The molecule has 0 spiro atoms. The lowest BCUT2D eigenvalue weighted by molar-refractivity contribution is -0.123. The van der Waals surface area contributed by atoms with Gasteiger partial charge >= 0.3 is 19.4 Å². The van der Waals surface area contributed by atoms with E-state index in [9.17, 15) is 14.2 Å². The van der Waals surface area contributed by atoms with Gasteiger partial charge in [-0.1, -0.05) is 54.6 Å². The quantitative estimate of drug-likeness (QED) is 0.182. The van der Waals surface area contributed by atoms with E-state index < -0.39 is 42.5 Å². The van der Waals surface area contributed by atoms with Gasteiger partial charge in [-0.15, -0.1) is 0 Å². The number of rotatable bonds is 15. The van der Waals surface area contributed by atoms with Gasteiger partial charge in [-0.05, 0) is 65.0 Å². The number of hydrogen-bond donors (Lipinski definition) is 2. The van der Waals surface area contributed by atoms with E-state index in [4.69, 9.17) is 13.8 Å². The Balaban J connectivity index is 2.10. The zero-order valence-corrected chi connectivity index (χ0v) is 24.8. The van der Waals surface area contributed by atoms with Gasteiger partial charge < -0.3 is 24.4 Å². The highest BCUT2D eigenvalue weighted by molar-refractivity contribution is 7.54. The summed E-state index contributed by atoms with van der Waals surface area (Å²) in [4.78, 5) is 25.5. The third-order valence-corrected chi connectivity index (χ3v) is 7.87. The number of amides is 2. The minimum absolute atomic E-state index is 0.0233. The number of alkyl halides is 2. The highest BCUT2D eigenvalue weighted by Gasteiger charge is 2.54. The lowest BCUT2D eigenvalue weighted by Gasteiger charge is -2.26. The van der Waals surface area contributed by atoms with Gasteiger partial charge in [0, 0.05) is 18.5 Å². The Hall–Kier alpha value is -2.81. The van der Waals surface area contributed by atoms with E-state index in [0.717, 1.165) is 31.4 Å². The number of hydrogen-bond acceptors (Lipinski definition) is 6. The van der Waals surface area contributed by atoms with Gasteiger partial charge in [-0.2, -0.15) is 8.78 Å². The summed E-state index contributed by atoms with van der Waals surface area (Å²) < 4.78 is 57.9. The molecule has 0 fully saturated rings. The van der Waals surface area contributed by atoms with Crippen molar-refractivity contribution in [2.24, 2.45) is 0 Å². The second kappa shape index (κ2) is 15.3. The van der Waals surface area contributed by atoms with E-state index in [0.29, 0.717) is 12.1 Å². The molecule has 40 heavy (non-hydrogen) atoms. The maximum atomic E-state index is 15.1. The minimum Gasteiger partial charge on any atom is -0.444 e. The van der Waals surface area contributed by atoms with Crippen LogP contribution in [0.4, 0.5) is 13.6 Å². The number of carbonyl (C=O) groups is 2. The Bertz CT molecular complexity index is 1110. The molecule has 0 heterocycles. The first-order valence-electron chi connectivity index (χ1n) is 13.5. The van der Waals surface area contributed by atoms with Crippen molar-refractivity contribution in [1.82, 2.24) is 10.6 Å². The third kappa shape index (κ3) is 10.3. The second-order valence-electron chi connectivity index (χ2n) is 10.2. The maximum absolute atomic E-state index is 15.1. The first-order chi connectivity index (χ1) is 18.8. The molecule has 0 aliphatic carbocycles. The van der Waals surface area contributed by atoms with Crippen molar-refractivity contribution >= 4 is 19.6 Å². The largest absolute Gasteiger partial charge is 0.444 e. The number of ether oxygens (including phenoxy) is 1. The van der Waals surface area contributed by atoms with Crippen LogP contribution in [0.2, 0.25) is 0 Å². The van der Waals surface area contributed by atoms with Crippen molar-refractivity contribution in [3.63, 3.8) is 0 Å². The van der Waals surface area contributed by atoms with Crippen molar-refractivity contribution in [3.8, 4) is 0 Å². The molecule has 0 aliphatic heterocycles. The molecule has 0 aromatic heterocycles. The monoisotopic (exact) mass is 582 g/mol. The molecule has 2 amide bonds. The second-order valence-corrected chi connectivity index (χ2v) is 12.3. The van der Waals surface area contributed by atoms with Gasteiger partial charge in [0.25, 0.3) is 0 Å². The topological polar surface area (TPSA) is 103 Å². The predicted octanol–water partition coefficient (Wildman–Crippen LogP) is 6.58. The summed E-state index contributed by atoms with van der Waals surface area (Å²) in [5.74, 6) is -0.419. The number of nitrogens with one attached hydrogen (secondary N) is 2. The fourth-order valence-electron chi connectivity index (χ4n) is 3.87. The van der Waals surface area contributed by atoms with Crippen LogP contribution < -0.4 is 10.6 Å². The summed E-state index contributed by atoms with van der Waals surface area (Å²) in [6, 6.07) is 14.0. The van der Waals surface area contributed by atoms with Gasteiger partial charge in [-0.3, -0.25) is 9.36 Å². The number of unbranched alkanes of at least 4 members (excludes halogenated alkanes) is 1. The predicted molar refractivity (Wildman–Crippen MR) is 150 cm³/mol. The third-order valence-electron chi connectivity index (χ3n) is 5.72. The van der Waals surface area contributed by atoms with Crippen LogP contribution in [0.1, 0.15) is 64.2 Å². The molecule has 0 saturated heterocycles. The molecular weight excluding hydrogens is 541 g/mol. The zero-order valence-electron chi connectivity index (χ0n) is 23.9. The number of alkyl carbamates (subject to hydrolysis) is 1. The molecule has 11 heteroatoms. The molecule has 1 atom stereocenters. The van der Waals surface area contributed by atoms with E-state index in [1.807, 2.05) is 30.3 Å². The van der Waals surface area contributed by atoms with Gasteiger partial charge in [-0.25, -0.2) is 4.79 Å². The molecule has 8 nitrogen and oxygen atoms in total. The fourth-order valence-corrected chi connectivity index (χ4v) is 5.41. The standard InChI is InChI=1S/C29H41F2N2O6P/c1-6-37-40(36,38-7-2)29(30,31)24-18-16-23(17-19-24)21-25(33-27(35)39-28(3,4)5)26(34)32-20-12-11-15-22-13-9-8-10-14-22/h8-10,13-14,16-19,25H,6-7,11-12,15,20-21H2,1-5H3,(H,32,34)(H,33,35)/t25-/m0/s1. The molecular formula is C29H41F2N2O6P. The van der Waals surface area contributed by atoms with E-state index in [2.05, 4.69) is 10.6 Å². The Kier molecular flexibility index (Phi) is 12.7. The number of benzene rings is 2. The molecule has 0 radical (unpaired) electrons. The van der Waals surface area contributed by atoms with Crippen LogP contribution in [-0.2, 0) is 41.6 Å². The summed E-state index contributed by atoms with van der Waals surface area (Å²) in [6.07, 6.45) is 1.75. The minimum atomic E-state index is -4.75. The molecule has 0 unspecified atom stereocenters. The number of halogens is 2. The Morgan fingerprint density at radius 3 is 2.05 bits per heavy atom. The zero-order chi connectivity index (χ0) is 29.8. The highest BCUT2D eigenvalue weighted by atomic mass is 31.2. The van der Waals surface area contributed by atoms with E-state index in [-0.39, 0.29) is 19.6 Å². The van der Waals surface area contributed by atoms with Gasteiger partial charge in [0.15, 0.2) is 0 Å². The van der Waals surface area contributed by atoms with Crippen LogP contribution in [0.3, 0.4) is 0 Å². The van der Waals surface area contributed by atoms with Crippen LogP contribution in [0, 0.1) is 0 Å². The molecule has 0 saturated carbocycles. The van der Waals surface area contributed by atoms with E-state index in [1.54, 1.807) is 20.8 Å². The van der Waals surface area contributed by atoms with Crippen LogP contribution in [0.15, 0.2) is 54.6 Å². The summed E-state index contributed by atoms with van der Waals surface area (Å²) in [5, 5.41) is 5.43. The summed E-state index contributed by atoms with van der Waals surface area (Å²) in [7, 11) is -4.75. The van der Waals surface area contributed by atoms with Crippen LogP contribution in [0.5, 0.6) is 0 Å². The molecule has 222 valence electrons. The SMILES string of the molecule is CCOP(=O)(OCC)C(F)(F)c1ccc(C[C@H](NC(=O)OC(C)(C)C)C(=O)NCCCCc2ccccc2)cc1. The molecule has 2 aromatic carbocycles. The molecule has 0 bridgehead atoms. The van der Waals surface area contributed by atoms with E-state index in [1.165, 1.54) is 31.5 Å². The molecule has 2 rings (SSSR count). The molecule has 2 aromatic rings. The van der Waals surface area contributed by atoms with E-state index >= 15 is 8.78 Å². The van der Waals surface area contributed by atoms with Crippen molar-refractivity contribution in [2.45, 2.75) is 77.6 Å². The number of aryl methyl sites for hydroxylation is 1. The lowest BCUT2D eigenvalue weighted by Crippen LogP contribution is -2.49. The fraction of sp³-hybridized carbons (Fsp3) is 0.517. The summed E-state index contributed by atoms with van der Waals surface area (Å²) >= 11 is 0. The first kappa shape index (κ1) is 33.4. The van der Waals surface area contributed by atoms with Gasteiger partial charge in [0.1, 0.15) is 11.6 Å². The van der Waals surface area contributed by atoms with Crippen LogP contribution >= 0.6 is 7.60 Å². The van der Waals surface area contributed by atoms with Crippen molar-refractivity contribution in [1.29, 1.82) is 0 Å². The average Bonchev–Trinajstić information content (AvgIpc) is 2.88. The van der Waals surface area contributed by atoms with Crippen molar-refractivity contribution in [2.75, 3.05) is 19.8 Å². The normalized spacial score (nSPS) is 13.0. The van der Waals surface area contributed by atoms with Gasteiger partial charge in [0.05, 0.1) is 13.2 Å². The Labute approximate surface area is 235 Å². The molecule has 0 aliphatic rings. The van der Waals surface area contributed by atoms with Gasteiger partial charge in [0.2, 0.25) is 5.91 Å². The maximum Gasteiger partial charge on any atom is 0.408 e. The van der Waals surface area contributed by atoms with Crippen molar-refractivity contribution in [3.05, 3.63) is 71.3 Å². The van der Waals surface area contributed by atoms with Crippen LogP contribution in [-0.4, -0.2) is 43.4 Å². The summed E-state index contributed by atoms with van der Waals surface area (Å²) in [6.45, 7) is 8.03. The average molecular weight is 583 g/mol. The summed E-state index contributed by atoms with van der Waals surface area (Å²) in [5.41, 5.74) is -3.47. The Morgan fingerprint density at radius 1 is 0.900 bits per heavy atom. The first-order valence-corrected chi connectivity index (χ1v) is 15.0.